The molecule has 0 amide bonds. The number of hydrogen-bond donors (Lipinski definition) is 0. The summed E-state index contributed by atoms with van der Waals surface area (Å²) in [5.41, 5.74) is 2.16. The molecule has 1 heterocycles. The molecule has 2 nitrogen and oxygen atoms in total. The van der Waals surface area contributed by atoms with Gasteiger partial charge in [0.1, 0.15) is 6.10 Å². The molecule has 1 aromatic rings. The molecule has 1 unspecified atom stereocenters. The number of fused-ring (bicyclic) bond motifs is 1. The van der Waals surface area contributed by atoms with Crippen LogP contribution in [0.3, 0.4) is 0 Å². The molecule has 0 bridgehead atoms. The van der Waals surface area contributed by atoms with Gasteiger partial charge in [0.15, 0.2) is 6.29 Å². The van der Waals surface area contributed by atoms with Crippen LogP contribution in [0.5, 0.6) is 0 Å². The molecule has 12 heavy (non-hydrogen) atoms. The van der Waals surface area contributed by atoms with Gasteiger partial charge in [-0.3, -0.25) is 0 Å². The van der Waals surface area contributed by atoms with Crippen molar-refractivity contribution in [3.05, 3.63) is 32.9 Å². The van der Waals surface area contributed by atoms with Crippen LogP contribution in [0.4, 0.5) is 0 Å². The van der Waals surface area contributed by atoms with E-state index in [4.69, 9.17) is 4.74 Å². The molecule has 0 spiro atoms. The molecular formula is C9H7IO2. The largest absolute Gasteiger partial charge is 0.361 e. The van der Waals surface area contributed by atoms with Crippen molar-refractivity contribution in [3.63, 3.8) is 0 Å². The highest BCUT2D eigenvalue weighted by molar-refractivity contribution is 14.1. The van der Waals surface area contributed by atoms with Crippen LogP contribution in [0.25, 0.3) is 0 Å². The first-order valence-corrected chi connectivity index (χ1v) is 4.74. The summed E-state index contributed by atoms with van der Waals surface area (Å²) in [5, 5.41) is 0. The smallest absolute Gasteiger partial charge is 0.153 e. The molecule has 0 saturated heterocycles. The quantitative estimate of drug-likeness (QED) is 0.578. The summed E-state index contributed by atoms with van der Waals surface area (Å²) >= 11 is 2.25. The van der Waals surface area contributed by atoms with E-state index in [0.717, 1.165) is 17.4 Å². The fourth-order valence-electron chi connectivity index (χ4n) is 1.36. The van der Waals surface area contributed by atoms with Crippen LogP contribution in [0, 0.1) is 3.57 Å². The van der Waals surface area contributed by atoms with E-state index < -0.39 is 0 Å². The highest BCUT2D eigenvalue weighted by Crippen LogP contribution is 2.29. The molecule has 1 atom stereocenters. The average molecular weight is 274 g/mol. The third kappa shape index (κ3) is 1.27. The minimum atomic E-state index is -0.336. The van der Waals surface area contributed by atoms with E-state index in [1.165, 1.54) is 3.57 Å². The van der Waals surface area contributed by atoms with Gasteiger partial charge in [0, 0.05) is 3.57 Å². The van der Waals surface area contributed by atoms with Gasteiger partial charge in [-0.1, -0.05) is 6.07 Å². The summed E-state index contributed by atoms with van der Waals surface area (Å²) in [4.78, 5) is 10.5. The second-order valence-corrected chi connectivity index (χ2v) is 3.96. The number of carbonyl (C=O) groups excluding carboxylic acids is 1. The average Bonchev–Trinajstić information content (AvgIpc) is 2.46. The van der Waals surface area contributed by atoms with E-state index in [9.17, 15) is 4.79 Å². The molecule has 1 aromatic carbocycles. The number of halogens is 1. The number of rotatable bonds is 1. The lowest BCUT2D eigenvalue weighted by atomic mass is 10.1. The molecule has 3 heteroatoms. The maximum Gasteiger partial charge on any atom is 0.153 e. The predicted molar refractivity (Wildman–Crippen MR) is 52.8 cm³/mol. The van der Waals surface area contributed by atoms with Crippen molar-refractivity contribution >= 4 is 28.9 Å². The second-order valence-electron chi connectivity index (χ2n) is 2.71. The second kappa shape index (κ2) is 3.14. The number of benzene rings is 1. The van der Waals surface area contributed by atoms with Gasteiger partial charge < -0.3 is 9.53 Å². The van der Waals surface area contributed by atoms with E-state index in [-0.39, 0.29) is 6.10 Å². The van der Waals surface area contributed by atoms with Gasteiger partial charge in [-0.2, -0.15) is 0 Å². The molecule has 0 aliphatic carbocycles. The molecule has 0 aromatic heterocycles. The number of hydrogen-bond acceptors (Lipinski definition) is 2. The summed E-state index contributed by atoms with van der Waals surface area (Å²) in [6.07, 6.45) is 0.510. The monoisotopic (exact) mass is 274 g/mol. The third-order valence-electron chi connectivity index (χ3n) is 1.95. The standard InChI is InChI=1S/C9H7IO2/c10-7-1-2-8-6(3-7)5-12-9(8)4-11/h1-4,9H,5H2. The van der Waals surface area contributed by atoms with Crippen molar-refractivity contribution < 1.29 is 9.53 Å². The maximum atomic E-state index is 10.5. The Bertz CT molecular complexity index is 322. The normalized spacial score (nSPS) is 20.6. The minimum absolute atomic E-state index is 0.336. The van der Waals surface area contributed by atoms with Crippen molar-refractivity contribution in [2.45, 2.75) is 12.7 Å². The van der Waals surface area contributed by atoms with Gasteiger partial charge in [0.05, 0.1) is 6.61 Å². The zero-order chi connectivity index (χ0) is 8.55. The number of aldehydes is 1. The van der Waals surface area contributed by atoms with Crippen LogP contribution in [-0.2, 0) is 16.1 Å². The van der Waals surface area contributed by atoms with Gasteiger partial charge in [0.25, 0.3) is 0 Å². The van der Waals surface area contributed by atoms with Crippen molar-refractivity contribution in [2.75, 3.05) is 0 Å². The fraction of sp³-hybridized carbons (Fsp3) is 0.222. The Labute approximate surface area is 84.1 Å². The Balaban J connectivity index is 2.47. The zero-order valence-corrected chi connectivity index (χ0v) is 8.45. The summed E-state index contributed by atoms with van der Waals surface area (Å²) in [6, 6.07) is 6.01. The van der Waals surface area contributed by atoms with Gasteiger partial charge in [-0.25, -0.2) is 0 Å². The predicted octanol–water partition coefficient (Wildman–Crippen LogP) is 2.06. The van der Waals surface area contributed by atoms with Gasteiger partial charge >= 0.3 is 0 Å². The van der Waals surface area contributed by atoms with E-state index in [1.807, 2.05) is 12.1 Å². The molecule has 62 valence electrons. The van der Waals surface area contributed by atoms with Gasteiger partial charge in [0.2, 0.25) is 0 Å². The van der Waals surface area contributed by atoms with Gasteiger partial charge in [-0.15, -0.1) is 0 Å². The highest BCUT2D eigenvalue weighted by atomic mass is 127. The van der Waals surface area contributed by atoms with Crippen LogP contribution < -0.4 is 0 Å². The maximum absolute atomic E-state index is 10.5. The Kier molecular flexibility index (Phi) is 2.14. The first kappa shape index (κ1) is 8.19. The van der Waals surface area contributed by atoms with Crippen LogP contribution >= 0.6 is 22.6 Å². The molecule has 0 saturated carbocycles. The Morgan fingerprint density at radius 3 is 3.17 bits per heavy atom. The van der Waals surface area contributed by atoms with Crippen LogP contribution in [0.1, 0.15) is 17.2 Å². The van der Waals surface area contributed by atoms with E-state index in [1.54, 1.807) is 0 Å². The third-order valence-corrected chi connectivity index (χ3v) is 2.62. The Morgan fingerprint density at radius 2 is 2.42 bits per heavy atom. The minimum Gasteiger partial charge on any atom is -0.361 e. The molecule has 0 fully saturated rings. The first-order chi connectivity index (χ1) is 5.81. The van der Waals surface area contributed by atoms with Gasteiger partial charge in [-0.05, 0) is 45.9 Å². The molecule has 1 aliphatic heterocycles. The molecule has 2 rings (SSSR count). The number of carbonyl (C=O) groups is 1. The lowest BCUT2D eigenvalue weighted by Crippen LogP contribution is -1.95. The van der Waals surface area contributed by atoms with Crippen molar-refractivity contribution in [1.29, 1.82) is 0 Å². The number of ether oxygens (including phenoxy) is 1. The van der Waals surface area contributed by atoms with Crippen molar-refractivity contribution in [1.82, 2.24) is 0 Å². The zero-order valence-electron chi connectivity index (χ0n) is 6.29. The Morgan fingerprint density at radius 1 is 1.58 bits per heavy atom. The van der Waals surface area contributed by atoms with Crippen LogP contribution in [0.2, 0.25) is 0 Å². The van der Waals surface area contributed by atoms with Crippen molar-refractivity contribution in [2.24, 2.45) is 0 Å². The summed E-state index contributed by atoms with van der Waals surface area (Å²) in [6.45, 7) is 0.565. The van der Waals surface area contributed by atoms with E-state index in [0.29, 0.717) is 6.61 Å². The lowest BCUT2D eigenvalue weighted by Gasteiger charge is -2.00. The molecule has 1 aliphatic rings. The molecular weight excluding hydrogens is 267 g/mol. The Hall–Kier alpha value is -0.420. The summed E-state index contributed by atoms with van der Waals surface area (Å²) in [5.74, 6) is 0. The summed E-state index contributed by atoms with van der Waals surface area (Å²) < 4.78 is 6.44. The van der Waals surface area contributed by atoms with E-state index >= 15 is 0 Å². The highest BCUT2D eigenvalue weighted by Gasteiger charge is 2.21. The fourth-order valence-corrected chi connectivity index (χ4v) is 1.91. The first-order valence-electron chi connectivity index (χ1n) is 3.66. The molecule has 0 radical (unpaired) electrons. The van der Waals surface area contributed by atoms with Crippen LogP contribution in [-0.4, -0.2) is 6.29 Å². The molecule has 0 N–H and O–H groups in total. The topological polar surface area (TPSA) is 26.3 Å². The SMILES string of the molecule is O=CC1OCc2cc(I)ccc21. The summed E-state index contributed by atoms with van der Waals surface area (Å²) in [7, 11) is 0. The lowest BCUT2D eigenvalue weighted by molar-refractivity contribution is -0.117. The van der Waals surface area contributed by atoms with E-state index in [2.05, 4.69) is 28.7 Å². The van der Waals surface area contributed by atoms with Crippen molar-refractivity contribution in [3.8, 4) is 0 Å². The van der Waals surface area contributed by atoms with Crippen LogP contribution in [0.15, 0.2) is 18.2 Å².